The topological polar surface area (TPSA) is 50.9 Å². The van der Waals surface area contributed by atoms with Crippen molar-refractivity contribution in [3.8, 4) is 0 Å². The van der Waals surface area contributed by atoms with Crippen molar-refractivity contribution in [2.75, 3.05) is 5.32 Å². The second kappa shape index (κ2) is 4.63. The van der Waals surface area contributed by atoms with Gasteiger partial charge in [0, 0.05) is 5.54 Å². The average Bonchev–Trinajstić information content (AvgIpc) is 2.25. The van der Waals surface area contributed by atoms with Crippen LogP contribution in [-0.4, -0.2) is 15.5 Å². The number of aromatic nitrogens is 1. The molecular formula is C12H14F3N3S. The highest BCUT2D eigenvalue weighted by molar-refractivity contribution is 7.80. The summed E-state index contributed by atoms with van der Waals surface area (Å²) in [5.41, 5.74) is 4.69. The van der Waals surface area contributed by atoms with Crippen molar-refractivity contribution < 1.29 is 13.2 Å². The zero-order valence-electron chi connectivity index (χ0n) is 10.3. The second-order valence-corrected chi connectivity index (χ2v) is 5.43. The first-order chi connectivity index (χ1) is 8.71. The Kier molecular flexibility index (Phi) is 3.42. The highest BCUT2D eigenvalue weighted by atomic mass is 32.1. The molecule has 0 unspecified atom stereocenters. The van der Waals surface area contributed by atoms with Crippen LogP contribution in [0.3, 0.4) is 0 Å². The first-order valence-electron chi connectivity index (χ1n) is 5.87. The number of alkyl halides is 3. The fourth-order valence-electron chi connectivity index (χ4n) is 2.03. The van der Waals surface area contributed by atoms with E-state index in [9.17, 15) is 13.2 Å². The van der Waals surface area contributed by atoms with Gasteiger partial charge in [-0.15, -0.1) is 0 Å². The molecule has 0 radical (unpaired) electrons. The van der Waals surface area contributed by atoms with Crippen LogP contribution in [0.1, 0.15) is 37.4 Å². The Morgan fingerprint density at radius 1 is 1.42 bits per heavy atom. The Bertz CT molecular complexity index is 509. The van der Waals surface area contributed by atoms with E-state index >= 15 is 0 Å². The molecule has 19 heavy (non-hydrogen) atoms. The van der Waals surface area contributed by atoms with Crippen molar-refractivity contribution in [2.24, 2.45) is 5.73 Å². The third kappa shape index (κ3) is 2.97. The summed E-state index contributed by atoms with van der Waals surface area (Å²) in [6.45, 7) is 1.95. The van der Waals surface area contributed by atoms with Crippen LogP contribution in [-0.2, 0) is 6.18 Å². The molecule has 1 aromatic rings. The van der Waals surface area contributed by atoms with Crippen molar-refractivity contribution in [3.05, 3.63) is 23.4 Å². The summed E-state index contributed by atoms with van der Waals surface area (Å²) in [6.07, 6.45) is -1.65. The highest BCUT2D eigenvalue weighted by Crippen LogP contribution is 2.36. The van der Waals surface area contributed by atoms with Gasteiger partial charge < -0.3 is 11.1 Å². The minimum atomic E-state index is -4.48. The van der Waals surface area contributed by atoms with Crippen LogP contribution in [0.15, 0.2) is 12.1 Å². The standard InChI is InChI=1S/C12H14F3N3S/c1-11(5-2-6-11)18-10-7(9(16)19)3-4-8(17-10)12(13,14)15/h3-4H,2,5-6H2,1H3,(H2,16,19)(H,17,18). The van der Waals surface area contributed by atoms with Crippen molar-refractivity contribution in [3.63, 3.8) is 0 Å². The highest BCUT2D eigenvalue weighted by Gasteiger charge is 2.36. The molecule has 1 heterocycles. The molecule has 1 aliphatic rings. The lowest BCUT2D eigenvalue weighted by Crippen LogP contribution is -2.42. The fourth-order valence-corrected chi connectivity index (χ4v) is 2.19. The molecule has 0 aromatic carbocycles. The number of hydrogen-bond donors (Lipinski definition) is 2. The van der Waals surface area contributed by atoms with Crippen LogP contribution in [0.4, 0.5) is 19.0 Å². The largest absolute Gasteiger partial charge is 0.433 e. The lowest BCUT2D eigenvalue weighted by molar-refractivity contribution is -0.141. The molecule has 0 atom stereocenters. The lowest BCUT2D eigenvalue weighted by Gasteiger charge is -2.40. The maximum Gasteiger partial charge on any atom is 0.433 e. The summed E-state index contributed by atoms with van der Waals surface area (Å²) in [5.74, 6) is 0.115. The average molecular weight is 289 g/mol. The van der Waals surface area contributed by atoms with Gasteiger partial charge in [-0.3, -0.25) is 0 Å². The summed E-state index contributed by atoms with van der Waals surface area (Å²) < 4.78 is 38.0. The third-order valence-corrected chi connectivity index (χ3v) is 3.55. The van der Waals surface area contributed by atoms with Crippen LogP contribution in [0.25, 0.3) is 0 Å². The number of rotatable bonds is 3. The molecule has 1 fully saturated rings. The van der Waals surface area contributed by atoms with E-state index in [0.717, 1.165) is 25.3 Å². The molecule has 0 spiro atoms. The second-order valence-electron chi connectivity index (χ2n) is 4.99. The van der Waals surface area contributed by atoms with Crippen LogP contribution in [0, 0.1) is 0 Å². The summed E-state index contributed by atoms with van der Waals surface area (Å²) in [5, 5.41) is 3.04. The number of pyridine rings is 1. The van der Waals surface area contributed by atoms with Gasteiger partial charge in [-0.1, -0.05) is 12.2 Å². The zero-order valence-corrected chi connectivity index (χ0v) is 11.2. The van der Waals surface area contributed by atoms with Crippen LogP contribution in [0.2, 0.25) is 0 Å². The Morgan fingerprint density at radius 2 is 2.05 bits per heavy atom. The Labute approximate surface area is 114 Å². The van der Waals surface area contributed by atoms with Crippen LogP contribution >= 0.6 is 12.2 Å². The maximum absolute atomic E-state index is 12.7. The van der Waals surface area contributed by atoms with Crippen molar-refractivity contribution in [1.29, 1.82) is 0 Å². The molecule has 3 N–H and O–H groups in total. The Hall–Kier alpha value is -1.37. The molecule has 3 nitrogen and oxygen atoms in total. The van der Waals surface area contributed by atoms with E-state index < -0.39 is 11.9 Å². The van der Waals surface area contributed by atoms with Crippen molar-refractivity contribution in [2.45, 2.75) is 37.9 Å². The predicted octanol–water partition coefficient (Wildman–Crippen LogP) is 3.09. The van der Waals surface area contributed by atoms with Gasteiger partial charge in [0.2, 0.25) is 0 Å². The number of halogens is 3. The molecule has 104 valence electrons. The van der Waals surface area contributed by atoms with E-state index in [1.165, 1.54) is 6.07 Å². The molecule has 0 aliphatic heterocycles. The minimum Gasteiger partial charge on any atom is -0.389 e. The monoisotopic (exact) mass is 289 g/mol. The van der Waals surface area contributed by atoms with Gasteiger partial charge in [-0.2, -0.15) is 13.2 Å². The minimum absolute atomic E-state index is 0.0339. The number of hydrogen-bond acceptors (Lipinski definition) is 3. The van der Waals surface area contributed by atoms with E-state index in [4.69, 9.17) is 18.0 Å². The molecule has 0 bridgehead atoms. The number of nitrogens with zero attached hydrogens (tertiary/aromatic N) is 1. The van der Waals surface area contributed by atoms with Gasteiger partial charge in [0.15, 0.2) is 0 Å². The molecule has 2 rings (SSSR count). The van der Waals surface area contributed by atoms with E-state index in [1.54, 1.807) is 0 Å². The summed E-state index contributed by atoms with van der Waals surface area (Å²) >= 11 is 4.85. The Morgan fingerprint density at radius 3 is 2.47 bits per heavy atom. The number of thiocarbonyl (C=S) groups is 1. The van der Waals surface area contributed by atoms with Gasteiger partial charge in [-0.05, 0) is 38.3 Å². The SMILES string of the molecule is CC1(Nc2nc(C(F)(F)F)ccc2C(N)=S)CCC1. The predicted molar refractivity (Wildman–Crippen MR) is 71.0 cm³/mol. The first-order valence-corrected chi connectivity index (χ1v) is 6.28. The summed E-state index contributed by atoms with van der Waals surface area (Å²) in [7, 11) is 0. The van der Waals surface area contributed by atoms with E-state index in [-0.39, 0.29) is 16.3 Å². The Balaban J connectivity index is 2.39. The van der Waals surface area contributed by atoms with Gasteiger partial charge >= 0.3 is 6.18 Å². The number of nitrogens with one attached hydrogen (secondary N) is 1. The molecule has 0 saturated heterocycles. The van der Waals surface area contributed by atoms with Gasteiger partial charge in [0.05, 0.1) is 5.56 Å². The van der Waals surface area contributed by atoms with Crippen molar-refractivity contribution in [1.82, 2.24) is 4.98 Å². The number of nitrogens with two attached hydrogens (primary N) is 1. The maximum atomic E-state index is 12.7. The van der Waals surface area contributed by atoms with Crippen LogP contribution < -0.4 is 11.1 Å². The summed E-state index contributed by atoms with van der Waals surface area (Å²) in [4.78, 5) is 3.66. The molecule has 0 amide bonds. The van der Waals surface area contributed by atoms with Gasteiger partial charge in [0.1, 0.15) is 16.5 Å². The quantitative estimate of drug-likeness (QED) is 0.840. The van der Waals surface area contributed by atoms with E-state index in [0.29, 0.717) is 5.56 Å². The van der Waals surface area contributed by atoms with E-state index in [2.05, 4.69) is 10.3 Å². The molecule has 1 aromatic heterocycles. The van der Waals surface area contributed by atoms with Crippen LogP contribution in [0.5, 0.6) is 0 Å². The third-order valence-electron chi connectivity index (χ3n) is 3.33. The fraction of sp³-hybridized carbons (Fsp3) is 0.500. The smallest absolute Gasteiger partial charge is 0.389 e. The lowest BCUT2D eigenvalue weighted by atomic mass is 9.78. The normalized spacial score (nSPS) is 17.7. The first kappa shape index (κ1) is 14.0. The molecule has 7 heteroatoms. The van der Waals surface area contributed by atoms with E-state index in [1.807, 2.05) is 6.92 Å². The summed E-state index contributed by atoms with van der Waals surface area (Å²) in [6, 6.07) is 2.16. The van der Waals surface area contributed by atoms with Gasteiger partial charge in [-0.25, -0.2) is 4.98 Å². The molecule has 1 saturated carbocycles. The molecule has 1 aliphatic carbocycles. The van der Waals surface area contributed by atoms with Gasteiger partial charge in [0.25, 0.3) is 0 Å². The zero-order chi connectivity index (χ0) is 14.3. The number of anilines is 1. The molecular weight excluding hydrogens is 275 g/mol. The van der Waals surface area contributed by atoms with Crippen molar-refractivity contribution >= 4 is 23.0 Å².